The van der Waals surface area contributed by atoms with E-state index >= 15 is 0 Å². The molecule has 0 aromatic heterocycles. The number of benzene rings is 2. The fourth-order valence-electron chi connectivity index (χ4n) is 2.82. The molecule has 1 heterocycles. The number of nitrogens with one attached hydrogen (secondary N) is 1. The van der Waals surface area contributed by atoms with E-state index in [4.69, 9.17) is 0 Å². The molecule has 1 aliphatic rings. The van der Waals surface area contributed by atoms with Crippen molar-refractivity contribution in [3.05, 3.63) is 61.7 Å². The lowest BCUT2D eigenvalue weighted by molar-refractivity contribution is -0.384. The molecule has 1 amide bonds. The minimum Gasteiger partial charge on any atom is -0.369 e. The highest BCUT2D eigenvalue weighted by atomic mass is 127. The number of carbonyl (C=O) groups is 1. The molecule has 0 spiro atoms. The molecular formula is C18H19IN4O3. The van der Waals surface area contributed by atoms with Crippen molar-refractivity contribution in [2.75, 3.05) is 43.4 Å². The van der Waals surface area contributed by atoms with Gasteiger partial charge in [0, 0.05) is 53.3 Å². The van der Waals surface area contributed by atoms with Gasteiger partial charge in [-0.25, -0.2) is 0 Å². The molecule has 1 N–H and O–H groups in total. The van der Waals surface area contributed by atoms with Gasteiger partial charge in [-0.1, -0.05) is 0 Å². The molecule has 1 fully saturated rings. The third-order valence-corrected chi connectivity index (χ3v) is 5.34. The van der Waals surface area contributed by atoms with Crippen molar-refractivity contribution in [2.45, 2.75) is 0 Å². The average Bonchev–Trinajstić information content (AvgIpc) is 2.63. The van der Waals surface area contributed by atoms with E-state index in [-0.39, 0.29) is 11.6 Å². The summed E-state index contributed by atoms with van der Waals surface area (Å²) >= 11 is 2.00. The van der Waals surface area contributed by atoms with Crippen LogP contribution in [0.25, 0.3) is 0 Å². The molecule has 7 nitrogen and oxygen atoms in total. The molecule has 0 aliphatic carbocycles. The number of carbonyl (C=O) groups excluding carboxylic acids is 1. The Hall–Kier alpha value is -2.20. The van der Waals surface area contributed by atoms with Crippen LogP contribution in [0.15, 0.2) is 42.5 Å². The number of likely N-dealkylation sites (N-methyl/N-ethyl adjacent to an activating group) is 1. The van der Waals surface area contributed by atoms with Gasteiger partial charge in [0.2, 0.25) is 0 Å². The van der Waals surface area contributed by atoms with Gasteiger partial charge in [0.05, 0.1) is 10.5 Å². The Morgan fingerprint density at radius 3 is 2.38 bits per heavy atom. The number of amides is 1. The number of hydrogen-bond acceptors (Lipinski definition) is 5. The van der Waals surface area contributed by atoms with Crippen LogP contribution in [0.3, 0.4) is 0 Å². The van der Waals surface area contributed by atoms with Gasteiger partial charge < -0.3 is 15.1 Å². The topological polar surface area (TPSA) is 78.7 Å². The molecule has 0 atom stereocenters. The first-order valence-corrected chi connectivity index (χ1v) is 9.31. The van der Waals surface area contributed by atoms with Crippen molar-refractivity contribution < 1.29 is 9.72 Å². The number of rotatable bonds is 4. The highest BCUT2D eigenvalue weighted by Gasteiger charge is 2.17. The molecule has 0 unspecified atom stereocenters. The van der Waals surface area contributed by atoms with Crippen LogP contribution in [0.2, 0.25) is 0 Å². The minimum atomic E-state index is -0.502. The molecule has 1 aliphatic heterocycles. The first-order valence-electron chi connectivity index (χ1n) is 8.23. The summed E-state index contributed by atoms with van der Waals surface area (Å²) in [5, 5.41) is 13.7. The second-order valence-electron chi connectivity index (χ2n) is 6.21. The van der Waals surface area contributed by atoms with Crippen molar-refractivity contribution in [3.8, 4) is 0 Å². The van der Waals surface area contributed by atoms with E-state index in [0.717, 1.165) is 31.9 Å². The van der Waals surface area contributed by atoms with Gasteiger partial charge in [0.15, 0.2) is 0 Å². The van der Waals surface area contributed by atoms with E-state index in [1.807, 2.05) is 46.9 Å². The molecule has 2 aromatic rings. The highest BCUT2D eigenvalue weighted by Crippen LogP contribution is 2.23. The lowest BCUT2D eigenvalue weighted by Gasteiger charge is -2.34. The van der Waals surface area contributed by atoms with Gasteiger partial charge in [-0.05, 0) is 60.0 Å². The quantitative estimate of drug-likeness (QED) is 0.426. The summed E-state index contributed by atoms with van der Waals surface area (Å²) in [5.41, 5.74) is 1.99. The number of non-ortho nitro benzene ring substituents is 1. The highest BCUT2D eigenvalue weighted by molar-refractivity contribution is 14.1. The summed E-state index contributed by atoms with van der Waals surface area (Å²) in [7, 11) is 2.12. The van der Waals surface area contributed by atoms with Crippen molar-refractivity contribution in [1.82, 2.24) is 4.90 Å². The Morgan fingerprint density at radius 2 is 1.77 bits per heavy atom. The number of nitro groups is 1. The van der Waals surface area contributed by atoms with Gasteiger partial charge in [-0.2, -0.15) is 0 Å². The van der Waals surface area contributed by atoms with E-state index in [1.165, 1.54) is 12.1 Å². The van der Waals surface area contributed by atoms with Gasteiger partial charge in [-0.3, -0.25) is 14.9 Å². The fourth-order valence-corrected chi connectivity index (χ4v) is 3.40. The summed E-state index contributed by atoms with van der Waals surface area (Å²) in [6.07, 6.45) is 0. The fraction of sp³-hybridized carbons (Fsp3) is 0.278. The number of piperazine rings is 1. The molecule has 0 saturated carbocycles. The van der Waals surface area contributed by atoms with Gasteiger partial charge >= 0.3 is 0 Å². The van der Waals surface area contributed by atoms with Crippen molar-refractivity contribution >= 4 is 45.6 Å². The van der Waals surface area contributed by atoms with Gasteiger partial charge in [0.25, 0.3) is 11.6 Å². The maximum atomic E-state index is 12.5. The summed E-state index contributed by atoms with van der Waals surface area (Å²) in [6, 6.07) is 12.0. The molecule has 26 heavy (non-hydrogen) atoms. The van der Waals surface area contributed by atoms with E-state index in [9.17, 15) is 14.9 Å². The molecule has 3 rings (SSSR count). The largest absolute Gasteiger partial charge is 0.369 e. The summed E-state index contributed by atoms with van der Waals surface area (Å²) in [5.74, 6) is -0.356. The molecule has 8 heteroatoms. The van der Waals surface area contributed by atoms with Crippen LogP contribution < -0.4 is 10.2 Å². The maximum Gasteiger partial charge on any atom is 0.270 e. The first-order chi connectivity index (χ1) is 12.4. The van der Waals surface area contributed by atoms with E-state index in [2.05, 4.69) is 22.2 Å². The smallest absolute Gasteiger partial charge is 0.270 e. The number of nitrogens with zero attached hydrogens (tertiary/aromatic N) is 3. The SMILES string of the molecule is CN1CCN(c2ccc(NC(=O)c3cc([N+](=O)[O-])ccc3I)cc2)CC1. The van der Waals surface area contributed by atoms with Crippen molar-refractivity contribution in [1.29, 1.82) is 0 Å². The zero-order valence-electron chi connectivity index (χ0n) is 14.3. The number of halogens is 1. The standard InChI is InChI=1S/C18H19IN4O3/c1-21-8-10-22(11-9-21)14-4-2-13(3-5-14)20-18(24)16-12-15(23(25)26)6-7-17(16)19/h2-7,12H,8-11H2,1H3,(H,20,24). The van der Waals surface area contributed by atoms with Crippen LogP contribution >= 0.6 is 22.6 Å². The lowest BCUT2D eigenvalue weighted by atomic mass is 10.1. The van der Waals surface area contributed by atoms with E-state index in [0.29, 0.717) is 14.8 Å². The lowest BCUT2D eigenvalue weighted by Crippen LogP contribution is -2.44. The maximum absolute atomic E-state index is 12.5. The Bertz CT molecular complexity index is 818. The van der Waals surface area contributed by atoms with Crippen LogP contribution in [0.5, 0.6) is 0 Å². The van der Waals surface area contributed by atoms with Gasteiger partial charge in [-0.15, -0.1) is 0 Å². The monoisotopic (exact) mass is 466 g/mol. The van der Waals surface area contributed by atoms with Crippen LogP contribution in [0, 0.1) is 13.7 Å². The molecule has 0 radical (unpaired) electrons. The second-order valence-corrected chi connectivity index (χ2v) is 7.37. The molecule has 0 bridgehead atoms. The third kappa shape index (κ3) is 4.31. The summed E-state index contributed by atoms with van der Waals surface area (Å²) < 4.78 is 0.666. The minimum absolute atomic E-state index is 0.0963. The Kier molecular flexibility index (Phi) is 5.72. The molecule has 1 saturated heterocycles. The van der Waals surface area contributed by atoms with Crippen LogP contribution in [0.4, 0.5) is 17.1 Å². The summed E-state index contributed by atoms with van der Waals surface area (Å²) in [6.45, 7) is 4.02. The third-order valence-electron chi connectivity index (χ3n) is 4.40. The number of nitro benzene ring substituents is 1. The van der Waals surface area contributed by atoms with Crippen LogP contribution in [0.1, 0.15) is 10.4 Å². The van der Waals surface area contributed by atoms with Crippen LogP contribution in [-0.4, -0.2) is 49.0 Å². The van der Waals surface area contributed by atoms with Crippen molar-refractivity contribution in [2.24, 2.45) is 0 Å². The number of anilines is 2. The van der Waals surface area contributed by atoms with Gasteiger partial charge in [0.1, 0.15) is 0 Å². The molecule has 136 valence electrons. The Balaban J connectivity index is 1.70. The Labute approximate surface area is 165 Å². The Morgan fingerprint density at radius 1 is 1.12 bits per heavy atom. The normalized spacial score (nSPS) is 14.9. The average molecular weight is 466 g/mol. The predicted octanol–water partition coefficient (Wildman–Crippen LogP) is 3.20. The van der Waals surface area contributed by atoms with E-state index in [1.54, 1.807) is 6.07 Å². The zero-order valence-corrected chi connectivity index (χ0v) is 16.5. The zero-order chi connectivity index (χ0) is 18.7. The van der Waals surface area contributed by atoms with Crippen LogP contribution in [-0.2, 0) is 0 Å². The molecule has 2 aromatic carbocycles. The van der Waals surface area contributed by atoms with E-state index < -0.39 is 4.92 Å². The first kappa shape index (κ1) is 18.6. The predicted molar refractivity (Wildman–Crippen MR) is 110 cm³/mol. The molecular weight excluding hydrogens is 447 g/mol. The number of hydrogen-bond donors (Lipinski definition) is 1. The second kappa shape index (κ2) is 8.00. The summed E-state index contributed by atoms with van der Waals surface area (Å²) in [4.78, 5) is 27.5. The van der Waals surface area contributed by atoms with Crippen molar-refractivity contribution in [3.63, 3.8) is 0 Å².